The number of hydrogen-bond acceptors (Lipinski definition) is 1. The summed E-state index contributed by atoms with van der Waals surface area (Å²) in [5.74, 6) is 0.938. The standard InChI is InChI=1S/C15H19ClO/c1-2-17-15-9-7-12(8-10-15)13-5-3-4-6-14(16)11-13/h7-11,14H,2-6H2,1H3. The molecular formula is C15H19ClO. The summed E-state index contributed by atoms with van der Waals surface area (Å²) in [5, 5.41) is 0.194. The van der Waals surface area contributed by atoms with Crippen LogP contribution in [0.25, 0.3) is 5.57 Å². The van der Waals surface area contributed by atoms with Gasteiger partial charge in [0, 0.05) is 0 Å². The zero-order valence-corrected chi connectivity index (χ0v) is 11.0. The molecule has 1 atom stereocenters. The van der Waals surface area contributed by atoms with Crippen molar-refractivity contribution in [2.75, 3.05) is 6.61 Å². The van der Waals surface area contributed by atoms with Crippen molar-refractivity contribution in [3.05, 3.63) is 35.9 Å². The number of ether oxygens (including phenoxy) is 1. The monoisotopic (exact) mass is 250 g/mol. The van der Waals surface area contributed by atoms with E-state index >= 15 is 0 Å². The number of hydrogen-bond donors (Lipinski definition) is 0. The highest BCUT2D eigenvalue weighted by molar-refractivity contribution is 6.22. The summed E-state index contributed by atoms with van der Waals surface area (Å²) in [4.78, 5) is 0. The molecule has 1 nitrogen and oxygen atoms in total. The van der Waals surface area contributed by atoms with Crippen molar-refractivity contribution in [1.82, 2.24) is 0 Å². The molecule has 1 aliphatic carbocycles. The molecule has 0 radical (unpaired) electrons. The summed E-state index contributed by atoms with van der Waals surface area (Å²) < 4.78 is 5.45. The number of allylic oxidation sites excluding steroid dienone is 2. The number of rotatable bonds is 3. The number of alkyl halides is 1. The van der Waals surface area contributed by atoms with Crippen LogP contribution in [0.3, 0.4) is 0 Å². The Bertz CT molecular complexity index is 380. The van der Waals surface area contributed by atoms with Crippen LogP contribution in [0, 0.1) is 0 Å². The van der Waals surface area contributed by atoms with Gasteiger partial charge in [-0.15, -0.1) is 11.6 Å². The average molecular weight is 251 g/mol. The van der Waals surface area contributed by atoms with Gasteiger partial charge in [-0.25, -0.2) is 0 Å². The lowest BCUT2D eigenvalue weighted by molar-refractivity contribution is 0.340. The van der Waals surface area contributed by atoms with Crippen LogP contribution in [0.15, 0.2) is 30.3 Å². The van der Waals surface area contributed by atoms with Crippen LogP contribution >= 0.6 is 11.6 Å². The summed E-state index contributed by atoms with van der Waals surface area (Å²) >= 11 is 6.25. The third kappa shape index (κ3) is 3.50. The predicted molar refractivity (Wildman–Crippen MR) is 73.7 cm³/mol. The maximum atomic E-state index is 6.25. The Labute approximate surface area is 108 Å². The molecule has 92 valence electrons. The van der Waals surface area contributed by atoms with E-state index in [4.69, 9.17) is 16.3 Å². The molecule has 1 unspecified atom stereocenters. The van der Waals surface area contributed by atoms with E-state index in [9.17, 15) is 0 Å². The Morgan fingerprint density at radius 1 is 1.24 bits per heavy atom. The smallest absolute Gasteiger partial charge is 0.119 e. The zero-order chi connectivity index (χ0) is 12.1. The minimum absolute atomic E-state index is 0.194. The lowest BCUT2D eigenvalue weighted by Gasteiger charge is -2.08. The van der Waals surface area contributed by atoms with E-state index in [0.717, 1.165) is 18.6 Å². The molecule has 0 spiro atoms. The van der Waals surface area contributed by atoms with Crippen LogP contribution < -0.4 is 4.74 Å². The molecule has 2 heteroatoms. The molecule has 1 aliphatic rings. The third-order valence-corrected chi connectivity index (χ3v) is 3.44. The fourth-order valence-corrected chi connectivity index (χ4v) is 2.52. The topological polar surface area (TPSA) is 9.23 Å². The molecule has 0 amide bonds. The Morgan fingerprint density at radius 3 is 2.71 bits per heavy atom. The quantitative estimate of drug-likeness (QED) is 0.710. The highest BCUT2D eigenvalue weighted by Gasteiger charge is 2.10. The molecule has 0 N–H and O–H groups in total. The fourth-order valence-electron chi connectivity index (χ4n) is 2.21. The van der Waals surface area contributed by atoms with Crippen molar-refractivity contribution in [3.8, 4) is 5.75 Å². The molecule has 1 aromatic rings. The van der Waals surface area contributed by atoms with E-state index in [2.05, 4.69) is 18.2 Å². The highest BCUT2D eigenvalue weighted by Crippen LogP contribution is 2.29. The van der Waals surface area contributed by atoms with Crippen LogP contribution in [0.4, 0.5) is 0 Å². The Hall–Kier alpha value is -0.950. The van der Waals surface area contributed by atoms with E-state index in [1.165, 1.54) is 24.0 Å². The number of halogens is 1. The molecule has 1 aromatic carbocycles. The van der Waals surface area contributed by atoms with Crippen LogP contribution in [-0.4, -0.2) is 12.0 Å². The third-order valence-electron chi connectivity index (χ3n) is 3.09. The first-order valence-electron chi connectivity index (χ1n) is 6.37. The molecule has 0 fully saturated rings. The van der Waals surface area contributed by atoms with Gasteiger partial charge >= 0.3 is 0 Å². The van der Waals surface area contributed by atoms with Gasteiger partial charge in [0.1, 0.15) is 5.75 Å². The van der Waals surface area contributed by atoms with E-state index in [1.54, 1.807) is 0 Å². The van der Waals surface area contributed by atoms with Gasteiger partial charge in [-0.2, -0.15) is 0 Å². The second-order valence-electron chi connectivity index (χ2n) is 4.41. The normalized spacial score (nSPS) is 20.6. The molecule has 0 saturated heterocycles. The van der Waals surface area contributed by atoms with Crippen molar-refractivity contribution >= 4 is 17.2 Å². The van der Waals surface area contributed by atoms with Gasteiger partial charge in [0.05, 0.1) is 12.0 Å². The zero-order valence-electron chi connectivity index (χ0n) is 10.3. The maximum Gasteiger partial charge on any atom is 0.119 e. The van der Waals surface area contributed by atoms with E-state index in [0.29, 0.717) is 6.61 Å². The fraction of sp³-hybridized carbons (Fsp3) is 0.467. The molecule has 17 heavy (non-hydrogen) atoms. The first-order valence-corrected chi connectivity index (χ1v) is 6.81. The largest absolute Gasteiger partial charge is 0.494 e. The Morgan fingerprint density at radius 2 is 2.00 bits per heavy atom. The van der Waals surface area contributed by atoms with Crippen molar-refractivity contribution in [2.24, 2.45) is 0 Å². The van der Waals surface area contributed by atoms with Crippen LogP contribution in [0.2, 0.25) is 0 Å². The first-order chi connectivity index (χ1) is 8.29. The summed E-state index contributed by atoms with van der Waals surface area (Å²) in [6.45, 7) is 2.71. The molecule has 0 heterocycles. The summed E-state index contributed by atoms with van der Waals surface area (Å²) in [6.07, 6.45) is 6.91. The minimum Gasteiger partial charge on any atom is -0.494 e. The van der Waals surface area contributed by atoms with Crippen LogP contribution in [0.1, 0.15) is 38.2 Å². The van der Waals surface area contributed by atoms with Crippen molar-refractivity contribution in [2.45, 2.75) is 38.0 Å². The van der Waals surface area contributed by atoms with Crippen molar-refractivity contribution in [1.29, 1.82) is 0 Å². The predicted octanol–water partition coefficient (Wildman–Crippen LogP) is 4.65. The molecule has 0 saturated carbocycles. The van der Waals surface area contributed by atoms with Gasteiger partial charge in [-0.3, -0.25) is 0 Å². The maximum absolute atomic E-state index is 6.25. The number of benzene rings is 1. The highest BCUT2D eigenvalue weighted by atomic mass is 35.5. The van der Waals surface area contributed by atoms with Crippen molar-refractivity contribution < 1.29 is 4.74 Å². The van der Waals surface area contributed by atoms with Gasteiger partial charge in [-0.05, 0) is 49.5 Å². The van der Waals surface area contributed by atoms with Gasteiger partial charge in [0.2, 0.25) is 0 Å². The van der Waals surface area contributed by atoms with Crippen molar-refractivity contribution in [3.63, 3.8) is 0 Å². The van der Waals surface area contributed by atoms with E-state index < -0.39 is 0 Å². The summed E-state index contributed by atoms with van der Waals surface area (Å²) in [5.41, 5.74) is 2.66. The lowest BCUT2D eigenvalue weighted by atomic mass is 10.0. The Balaban J connectivity index is 2.15. The van der Waals surface area contributed by atoms with Gasteiger partial charge < -0.3 is 4.74 Å². The molecular weight excluding hydrogens is 232 g/mol. The lowest BCUT2D eigenvalue weighted by Crippen LogP contribution is -1.93. The molecule has 2 rings (SSSR count). The summed E-state index contributed by atoms with van der Waals surface area (Å²) in [6, 6.07) is 8.33. The van der Waals surface area contributed by atoms with Gasteiger partial charge in [0.25, 0.3) is 0 Å². The van der Waals surface area contributed by atoms with Gasteiger partial charge in [-0.1, -0.05) is 24.6 Å². The Kier molecular flexibility index (Phi) is 4.49. The first kappa shape index (κ1) is 12.5. The minimum atomic E-state index is 0.194. The van der Waals surface area contributed by atoms with Crippen LogP contribution in [0.5, 0.6) is 5.75 Å². The molecule has 0 aromatic heterocycles. The van der Waals surface area contributed by atoms with Crippen LogP contribution in [-0.2, 0) is 0 Å². The summed E-state index contributed by atoms with van der Waals surface area (Å²) in [7, 11) is 0. The molecule has 0 aliphatic heterocycles. The molecule has 0 bridgehead atoms. The second-order valence-corrected chi connectivity index (χ2v) is 4.97. The second kappa shape index (κ2) is 6.11. The average Bonchev–Trinajstić information content (AvgIpc) is 2.55. The van der Waals surface area contributed by atoms with E-state index in [-0.39, 0.29) is 5.38 Å². The SMILES string of the molecule is CCOc1ccc(C2=CC(Cl)CCCC2)cc1. The van der Waals surface area contributed by atoms with E-state index in [1.807, 2.05) is 19.1 Å². The van der Waals surface area contributed by atoms with Gasteiger partial charge in [0.15, 0.2) is 0 Å².